The van der Waals surface area contributed by atoms with Crippen molar-refractivity contribution >= 4 is 14.2 Å². The number of rotatable bonds is 7. The summed E-state index contributed by atoms with van der Waals surface area (Å²) in [5, 5.41) is 10.3. The Bertz CT molecular complexity index is 341. The van der Waals surface area contributed by atoms with Gasteiger partial charge in [0.05, 0.1) is 12.1 Å². The van der Waals surface area contributed by atoms with Gasteiger partial charge in [0.2, 0.25) is 0 Å². The van der Waals surface area contributed by atoms with Crippen LogP contribution < -0.4 is 5.73 Å². The highest BCUT2D eigenvalue weighted by Gasteiger charge is 2.28. The summed E-state index contributed by atoms with van der Waals surface area (Å²) in [5.41, 5.74) is 6.00. The second-order valence-electron chi connectivity index (χ2n) is 7.86. The lowest BCUT2D eigenvalue weighted by molar-refractivity contribution is 0.0308. The van der Waals surface area contributed by atoms with Crippen LogP contribution in [-0.2, 0) is 4.74 Å². The van der Waals surface area contributed by atoms with Gasteiger partial charge >= 0.3 is 6.09 Å². The highest BCUT2D eigenvalue weighted by Crippen LogP contribution is 2.27. The molecule has 0 aromatic heterocycles. The molecule has 22 heavy (non-hydrogen) atoms. The molecule has 0 aromatic carbocycles. The van der Waals surface area contributed by atoms with Gasteiger partial charge in [0.1, 0.15) is 6.61 Å². The van der Waals surface area contributed by atoms with Crippen LogP contribution in [0.5, 0.6) is 0 Å². The van der Waals surface area contributed by atoms with Gasteiger partial charge in [-0.1, -0.05) is 38.9 Å². The SMILES string of the molecule is CN(CC[Si](C)(C)C)C(=O)OC[C@@H](N)[C@@H](O)C1CCCCC1. The van der Waals surface area contributed by atoms with Gasteiger partial charge in [0, 0.05) is 21.7 Å². The average molecular weight is 331 g/mol. The van der Waals surface area contributed by atoms with Crippen molar-refractivity contribution in [2.24, 2.45) is 11.7 Å². The van der Waals surface area contributed by atoms with E-state index in [0.717, 1.165) is 38.3 Å². The third kappa shape index (κ3) is 7.11. The standard InChI is InChI=1S/C16H34N2O3Si/c1-18(10-11-22(2,3)4)16(20)21-12-14(17)15(19)13-8-6-5-7-9-13/h13-15,19H,5-12,17H2,1-4H3/t14-,15+/m1/s1. The van der Waals surface area contributed by atoms with Crippen LogP contribution in [0.1, 0.15) is 32.1 Å². The molecule has 0 bridgehead atoms. The topological polar surface area (TPSA) is 75.8 Å². The van der Waals surface area contributed by atoms with Gasteiger partial charge in [0.15, 0.2) is 0 Å². The normalized spacial score (nSPS) is 19.5. The van der Waals surface area contributed by atoms with Crippen LogP contribution in [-0.4, -0.2) is 56.5 Å². The minimum Gasteiger partial charge on any atom is -0.448 e. The number of nitrogens with zero attached hydrogens (tertiary/aromatic N) is 1. The van der Waals surface area contributed by atoms with Crippen molar-refractivity contribution in [3.05, 3.63) is 0 Å². The lowest BCUT2D eigenvalue weighted by Crippen LogP contribution is -2.45. The summed E-state index contributed by atoms with van der Waals surface area (Å²) in [6, 6.07) is 0.562. The first-order chi connectivity index (χ1) is 10.2. The first kappa shape index (κ1) is 19.5. The molecule has 2 atom stereocenters. The predicted octanol–water partition coefficient (Wildman–Crippen LogP) is 2.66. The number of hydrogen-bond donors (Lipinski definition) is 2. The number of hydrogen-bond acceptors (Lipinski definition) is 4. The van der Waals surface area contributed by atoms with Crippen molar-refractivity contribution in [2.45, 2.75) is 69.9 Å². The van der Waals surface area contributed by atoms with Gasteiger partial charge < -0.3 is 20.5 Å². The van der Waals surface area contributed by atoms with Crippen LogP contribution in [0.15, 0.2) is 0 Å². The molecule has 1 amide bonds. The van der Waals surface area contributed by atoms with E-state index in [1.807, 2.05) is 0 Å². The van der Waals surface area contributed by atoms with Crippen LogP contribution in [0.2, 0.25) is 25.7 Å². The van der Waals surface area contributed by atoms with Crippen molar-refractivity contribution in [3.63, 3.8) is 0 Å². The third-order valence-corrected chi connectivity index (χ3v) is 6.20. The zero-order chi connectivity index (χ0) is 16.8. The van der Waals surface area contributed by atoms with E-state index < -0.39 is 20.2 Å². The number of nitrogens with two attached hydrogens (primary N) is 1. The highest BCUT2D eigenvalue weighted by atomic mass is 28.3. The van der Waals surface area contributed by atoms with E-state index in [1.54, 1.807) is 11.9 Å². The van der Waals surface area contributed by atoms with Crippen LogP contribution in [0.25, 0.3) is 0 Å². The molecule has 1 aliphatic rings. The van der Waals surface area contributed by atoms with Crippen molar-refractivity contribution in [3.8, 4) is 0 Å². The second-order valence-corrected chi connectivity index (χ2v) is 13.5. The zero-order valence-electron chi connectivity index (χ0n) is 14.7. The molecule has 0 spiro atoms. The van der Waals surface area contributed by atoms with Crippen LogP contribution >= 0.6 is 0 Å². The monoisotopic (exact) mass is 330 g/mol. The molecule has 0 unspecified atom stereocenters. The molecule has 1 rings (SSSR count). The first-order valence-corrected chi connectivity index (χ1v) is 12.2. The number of carbonyl (C=O) groups excluding carboxylic acids is 1. The van der Waals surface area contributed by atoms with E-state index in [-0.39, 0.29) is 18.6 Å². The Balaban J connectivity index is 2.29. The maximum atomic E-state index is 11.9. The van der Waals surface area contributed by atoms with Crippen LogP contribution in [0.3, 0.4) is 0 Å². The van der Waals surface area contributed by atoms with Gasteiger partial charge in [-0.25, -0.2) is 4.79 Å². The lowest BCUT2D eigenvalue weighted by atomic mass is 9.83. The molecule has 0 heterocycles. The fraction of sp³-hybridized carbons (Fsp3) is 0.938. The molecule has 0 aliphatic heterocycles. The lowest BCUT2D eigenvalue weighted by Gasteiger charge is -2.30. The summed E-state index contributed by atoms with van der Waals surface area (Å²) < 4.78 is 5.26. The summed E-state index contributed by atoms with van der Waals surface area (Å²) in [5.74, 6) is 0.257. The molecular formula is C16H34N2O3Si. The van der Waals surface area contributed by atoms with Gasteiger partial charge in [-0.2, -0.15) is 0 Å². The summed E-state index contributed by atoms with van der Waals surface area (Å²) >= 11 is 0. The summed E-state index contributed by atoms with van der Waals surface area (Å²) in [6.45, 7) is 7.65. The fourth-order valence-electron chi connectivity index (χ4n) is 2.80. The van der Waals surface area contributed by atoms with Crippen LogP contribution in [0, 0.1) is 5.92 Å². The van der Waals surface area contributed by atoms with Gasteiger partial charge in [-0.3, -0.25) is 0 Å². The molecule has 0 saturated heterocycles. The largest absolute Gasteiger partial charge is 0.448 e. The predicted molar refractivity (Wildman–Crippen MR) is 92.7 cm³/mol. The Labute approximate surface area is 136 Å². The van der Waals surface area contributed by atoms with Crippen LogP contribution in [0.4, 0.5) is 4.79 Å². The number of aliphatic hydroxyl groups excluding tert-OH is 1. The minimum absolute atomic E-state index is 0.0911. The average Bonchev–Trinajstić information content (AvgIpc) is 2.49. The molecule has 1 fully saturated rings. The Morgan fingerprint density at radius 3 is 2.45 bits per heavy atom. The quantitative estimate of drug-likeness (QED) is 0.704. The Morgan fingerprint density at radius 1 is 1.32 bits per heavy atom. The third-order valence-electron chi connectivity index (χ3n) is 4.48. The fourth-order valence-corrected chi connectivity index (χ4v) is 3.80. The van der Waals surface area contributed by atoms with E-state index in [4.69, 9.17) is 10.5 Å². The van der Waals surface area contributed by atoms with Crippen molar-refractivity contribution < 1.29 is 14.6 Å². The summed E-state index contributed by atoms with van der Waals surface area (Å²) in [6.07, 6.45) is 4.71. The van der Waals surface area contributed by atoms with E-state index in [0.29, 0.717) is 0 Å². The van der Waals surface area contributed by atoms with E-state index in [1.165, 1.54) is 6.42 Å². The number of carbonyl (C=O) groups is 1. The molecular weight excluding hydrogens is 296 g/mol. The summed E-state index contributed by atoms with van der Waals surface area (Å²) in [4.78, 5) is 13.6. The van der Waals surface area contributed by atoms with Gasteiger partial charge in [-0.05, 0) is 24.8 Å². The number of aliphatic hydroxyl groups is 1. The van der Waals surface area contributed by atoms with Gasteiger partial charge in [-0.15, -0.1) is 0 Å². The molecule has 5 nitrogen and oxygen atoms in total. The minimum atomic E-state index is -1.17. The zero-order valence-corrected chi connectivity index (χ0v) is 15.7. The maximum absolute atomic E-state index is 11.9. The first-order valence-electron chi connectivity index (χ1n) is 8.52. The Morgan fingerprint density at radius 2 is 1.91 bits per heavy atom. The molecule has 130 valence electrons. The number of amides is 1. The van der Waals surface area contributed by atoms with E-state index in [9.17, 15) is 9.90 Å². The molecule has 1 saturated carbocycles. The highest BCUT2D eigenvalue weighted by molar-refractivity contribution is 6.76. The molecule has 6 heteroatoms. The van der Waals surface area contributed by atoms with Crippen molar-refractivity contribution in [2.75, 3.05) is 20.2 Å². The molecule has 3 N–H and O–H groups in total. The maximum Gasteiger partial charge on any atom is 0.409 e. The molecule has 0 radical (unpaired) electrons. The molecule has 0 aromatic rings. The van der Waals surface area contributed by atoms with E-state index in [2.05, 4.69) is 19.6 Å². The van der Waals surface area contributed by atoms with Crippen molar-refractivity contribution in [1.29, 1.82) is 0 Å². The second kappa shape index (κ2) is 8.89. The number of ether oxygens (including phenoxy) is 1. The Kier molecular flexibility index (Phi) is 7.86. The van der Waals surface area contributed by atoms with E-state index >= 15 is 0 Å². The van der Waals surface area contributed by atoms with Gasteiger partial charge in [0.25, 0.3) is 0 Å². The molecule has 1 aliphatic carbocycles. The Hall–Kier alpha value is -0.593. The summed E-state index contributed by atoms with van der Waals surface area (Å²) in [7, 11) is 0.590. The van der Waals surface area contributed by atoms with Crippen molar-refractivity contribution in [1.82, 2.24) is 4.90 Å². The smallest absolute Gasteiger partial charge is 0.409 e.